The zero-order valence-corrected chi connectivity index (χ0v) is 15.1. The Morgan fingerprint density at radius 1 is 1.33 bits per heavy atom. The number of rotatable bonds is 9. The zero-order chi connectivity index (χ0) is 18.1. The van der Waals surface area contributed by atoms with Crippen LogP contribution >= 0.6 is 0 Å². The second kappa shape index (κ2) is 9.88. The molecule has 0 saturated heterocycles. The van der Waals surface area contributed by atoms with Crippen molar-refractivity contribution in [1.29, 1.82) is 0 Å². The van der Waals surface area contributed by atoms with E-state index < -0.39 is 0 Å². The molecule has 1 rings (SSSR count). The minimum Gasteiger partial charge on any atom is -0.498 e. The van der Waals surface area contributed by atoms with E-state index in [1.54, 1.807) is 20.3 Å². The quantitative estimate of drug-likeness (QED) is 0.399. The molecule has 0 fully saturated rings. The van der Waals surface area contributed by atoms with Gasteiger partial charge in [0.05, 0.1) is 12.7 Å². The fourth-order valence-electron chi connectivity index (χ4n) is 2.19. The first kappa shape index (κ1) is 19.9. The lowest BCUT2D eigenvalue weighted by Crippen LogP contribution is -2.17. The van der Waals surface area contributed by atoms with Crippen LogP contribution in [0.4, 0.5) is 0 Å². The minimum absolute atomic E-state index is 0.134. The summed E-state index contributed by atoms with van der Waals surface area (Å²) >= 11 is 0. The maximum atomic E-state index is 12.3. The van der Waals surface area contributed by atoms with Crippen LogP contribution in [0.2, 0.25) is 0 Å². The van der Waals surface area contributed by atoms with E-state index in [-0.39, 0.29) is 29.2 Å². The highest BCUT2D eigenvalue weighted by Crippen LogP contribution is 2.15. The van der Waals surface area contributed by atoms with Crippen LogP contribution in [0.3, 0.4) is 0 Å². The first-order valence-corrected chi connectivity index (χ1v) is 8.10. The predicted molar refractivity (Wildman–Crippen MR) is 94.1 cm³/mol. The molecular formula is C19H27NO4. The average molecular weight is 333 g/mol. The lowest BCUT2D eigenvalue weighted by atomic mass is 9.96. The molecule has 0 heterocycles. The number of ether oxygens (including phenoxy) is 2. The summed E-state index contributed by atoms with van der Waals surface area (Å²) in [6.07, 6.45) is 9.75. The van der Waals surface area contributed by atoms with E-state index in [1.807, 2.05) is 32.1 Å². The van der Waals surface area contributed by atoms with Gasteiger partial charge in [-0.25, -0.2) is 0 Å². The molecule has 132 valence electrons. The molecule has 1 N–H and O–H groups in total. The SMILES string of the molecule is CCC(C)CC(=O)/C(=C\NC1=CC=C(OC)C(OC)C=C1)C(C)=O. The van der Waals surface area contributed by atoms with Crippen LogP contribution in [0.5, 0.6) is 0 Å². The molecule has 1 aliphatic rings. The summed E-state index contributed by atoms with van der Waals surface area (Å²) in [7, 11) is 3.18. The van der Waals surface area contributed by atoms with Crippen molar-refractivity contribution in [3.63, 3.8) is 0 Å². The number of hydrogen-bond donors (Lipinski definition) is 1. The standard InChI is InChI=1S/C19H27NO4/c1-6-13(2)11-17(22)16(14(3)21)12-20-15-7-9-18(23-4)19(24-5)10-8-15/h7-10,12-13,18,20H,6,11H2,1-5H3/b16-12-. The number of nitrogens with one attached hydrogen (secondary N) is 1. The molecule has 0 radical (unpaired) electrons. The Kier molecular flexibility index (Phi) is 8.19. The van der Waals surface area contributed by atoms with Gasteiger partial charge in [-0.2, -0.15) is 0 Å². The van der Waals surface area contributed by atoms with Crippen molar-refractivity contribution in [1.82, 2.24) is 5.32 Å². The average Bonchev–Trinajstić information content (AvgIpc) is 2.76. The molecule has 24 heavy (non-hydrogen) atoms. The first-order chi connectivity index (χ1) is 11.4. The van der Waals surface area contributed by atoms with Crippen LogP contribution < -0.4 is 5.32 Å². The van der Waals surface area contributed by atoms with Crippen molar-refractivity contribution in [2.24, 2.45) is 5.92 Å². The Hall–Kier alpha value is -2.14. The smallest absolute Gasteiger partial charge is 0.168 e. The van der Waals surface area contributed by atoms with Crippen molar-refractivity contribution < 1.29 is 19.1 Å². The van der Waals surface area contributed by atoms with Gasteiger partial charge in [0.25, 0.3) is 0 Å². The molecule has 0 amide bonds. The van der Waals surface area contributed by atoms with Gasteiger partial charge in [0.1, 0.15) is 11.9 Å². The van der Waals surface area contributed by atoms with E-state index >= 15 is 0 Å². The van der Waals surface area contributed by atoms with Gasteiger partial charge in [0.15, 0.2) is 11.6 Å². The number of methoxy groups -OCH3 is 2. The monoisotopic (exact) mass is 333 g/mol. The molecule has 0 saturated carbocycles. The van der Waals surface area contributed by atoms with Crippen molar-refractivity contribution in [2.45, 2.75) is 39.7 Å². The summed E-state index contributed by atoms with van der Waals surface area (Å²) in [4.78, 5) is 24.0. The largest absolute Gasteiger partial charge is 0.498 e. The van der Waals surface area contributed by atoms with Crippen LogP contribution in [-0.4, -0.2) is 31.9 Å². The lowest BCUT2D eigenvalue weighted by Gasteiger charge is -2.12. The van der Waals surface area contributed by atoms with E-state index in [4.69, 9.17) is 9.47 Å². The van der Waals surface area contributed by atoms with Gasteiger partial charge in [-0.15, -0.1) is 0 Å². The van der Waals surface area contributed by atoms with Crippen molar-refractivity contribution in [2.75, 3.05) is 14.2 Å². The van der Waals surface area contributed by atoms with Gasteiger partial charge in [-0.3, -0.25) is 9.59 Å². The summed E-state index contributed by atoms with van der Waals surface area (Å²) in [6.45, 7) is 5.44. The van der Waals surface area contributed by atoms with Crippen molar-refractivity contribution >= 4 is 11.6 Å². The lowest BCUT2D eigenvalue weighted by molar-refractivity contribution is -0.121. The Morgan fingerprint density at radius 3 is 2.58 bits per heavy atom. The maximum absolute atomic E-state index is 12.3. The van der Waals surface area contributed by atoms with Gasteiger partial charge in [-0.1, -0.05) is 20.3 Å². The van der Waals surface area contributed by atoms with Crippen molar-refractivity contribution in [3.05, 3.63) is 47.5 Å². The number of carbonyl (C=O) groups is 2. The number of ketones is 2. The van der Waals surface area contributed by atoms with E-state index in [0.717, 1.165) is 12.1 Å². The van der Waals surface area contributed by atoms with E-state index in [2.05, 4.69) is 5.32 Å². The van der Waals surface area contributed by atoms with Crippen LogP contribution in [0.15, 0.2) is 47.5 Å². The summed E-state index contributed by atoms with van der Waals surface area (Å²) in [5.74, 6) is 0.559. The summed E-state index contributed by atoms with van der Waals surface area (Å²) in [5, 5.41) is 3.02. The Labute approximate surface area is 144 Å². The molecule has 5 heteroatoms. The molecule has 5 nitrogen and oxygen atoms in total. The second-order valence-corrected chi connectivity index (χ2v) is 5.81. The van der Waals surface area contributed by atoms with Gasteiger partial charge >= 0.3 is 0 Å². The normalized spacial score (nSPS) is 19.0. The molecule has 0 spiro atoms. The predicted octanol–water partition coefficient (Wildman–Crippen LogP) is 3.05. The van der Waals surface area contributed by atoms with Crippen LogP contribution in [0.1, 0.15) is 33.6 Å². The highest BCUT2D eigenvalue weighted by atomic mass is 16.5. The van der Waals surface area contributed by atoms with E-state index in [1.165, 1.54) is 13.1 Å². The van der Waals surface area contributed by atoms with Crippen molar-refractivity contribution in [3.8, 4) is 0 Å². The summed E-state index contributed by atoms with van der Waals surface area (Å²) in [6, 6.07) is 0. The van der Waals surface area contributed by atoms with Gasteiger partial charge < -0.3 is 14.8 Å². The molecule has 0 aromatic heterocycles. The summed E-state index contributed by atoms with van der Waals surface area (Å²) < 4.78 is 10.6. The molecular weight excluding hydrogens is 306 g/mol. The molecule has 0 aliphatic heterocycles. The molecule has 2 atom stereocenters. The zero-order valence-electron chi connectivity index (χ0n) is 15.1. The van der Waals surface area contributed by atoms with Crippen LogP contribution in [0.25, 0.3) is 0 Å². The Morgan fingerprint density at radius 2 is 2.04 bits per heavy atom. The van der Waals surface area contributed by atoms with Gasteiger partial charge in [-0.05, 0) is 37.1 Å². The van der Waals surface area contributed by atoms with Crippen LogP contribution in [0, 0.1) is 5.92 Å². The molecule has 0 aromatic rings. The van der Waals surface area contributed by atoms with E-state index in [0.29, 0.717) is 12.2 Å². The number of Topliss-reactive ketones (excluding diaryl/α,β-unsaturated/α-hetero) is 2. The number of hydrogen-bond acceptors (Lipinski definition) is 5. The van der Waals surface area contributed by atoms with E-state index in [9.17, 15) is 9.59 Å². The fraction of sp³-hybridized carbons (Fsp3) is 0.474. The number of carbonyl (C=O) groups excluding carboxylic acids is 2. The molecule has 1 aliphatic carbocycles. The third-order valence-corrected chi connectivity index (χ3v) is 3.94. The topological polar surface area (TPSA) is 64.6 Å². The van der Waals surface area contributed by atoms with Crippen LogP contribution in [-0.2, 0) is 19.1 Å². The highest BCUT2D eigenvalue weighted by molar-refractivity contribution is 6.19. The second-order valence-electron chi connectivity index (χ2n) is 5.81. The Bertz CT molecular complexity index is 584. The summed E-state index contributed by atoms with van der Waals surface area (Å²) in [5.41, 5.74) is 0.923. The third kappa shape index (κ3) is 5.81. The maximum Gasteiger partial charge on any atom is 0.168 e. The molecule has 0 aromatic carbocycles. The minimum atomic E-state index is -0.270. The fourth-order valence-corrected chi connectivity index (χ4v) is 2.19. The number of allylic oxidation sites excluding steroid dienone is 4. The third-order valence-electron chi connectivity index (χ3n) is 3.94. The highest BCUT2D eigenvalue weighted by Gasteiger charge is 2.17. The Balaban J connectivity index is 2.91. The van der Waals surface area contributed by atoms with Gasteiger partial charge in [0, 0.05) is 25.4 Å². The first-order valence-electron chi connectivity index (χ1n) is 8.10. The van der Waals surface area contributed by atoms with Gasteiger partial charge in [0.2, 0.25) is 0 Å². The molecule has 0 bridgehead atoms. The molecule has 2 unspecified atom stereocenters.